The Kier molecular flexibility index (Phi) is 7.34. The predicted molar refractivity (Wildman–Crippen MR) is 120 cm³/mol. The number of rotatable bonds is 8. The van der Waals surface area contributed by atoms with Gasteiger partial charge >= 0.3 is 0 Å². The Labute approximate surface area is 180 Å². The molecule has 3 rings (SSSR count). The van der Waals surface area contributed by atoms with Gasteiger partial charge in [-0.1, -0.05) is 13.8 Å². The second-order valence-corrected chi connectivity index (χ2v) is 9.04. The monoisotopic (exact) mass is 415 g/mol. The highest BCUT2D eigenvalue weighted by atomic mass is 16.5. The Hall–Kier alpha value is -2.15. The largest absolute Gasteiger partial charge is 0.479 e. The molecule has 1 aliphatic rings. The van der Waals surface area contributed by atoms with E-state index in [1.54, 1.807) is 11.8 Å². The maximum atomic E-state index is 12.4. The number of nitrogens with zero attached hydrogens (tertiary/aromatic N) is 4. The summed E-state index contributed by atoms with van der Waals surface area (Å²) in [5.74, 6) is 2.25. The van der Waals surface area contributed by atoms with E-state index in [0.29, 0.717) is 18.7 Å². The van der Waals surface area contributed by atoms with Gasteiger partial charge in [-0.15, -0.1) is 5.10 Å². The summed E-state index contributed by atoms with van der Waals surface area (Å²) in [6.07, 6.45) is 3.47. The van der Waals surface area contributed by atoms with E-state index in [-0.39, 0.29) is 5.91 Å². The molecule has 0 radical (unpaired) electrons. The number of carbonyl (C=O) groups excluding carboxylic acids is 1. The van der Waals surface area contributed by atoms with Crippen LogP contribution >= 0.6 is 0 Å². The van der Waals surface area contributed by atoms with Crippen molar-refractivity contribution in [3.8, 4) is 5.88 Å². The van der Waals surface area contributed by atoms with Gasteiger partial charge in [-0.2, -0.15) is 0 Å². The van der Waals surface area contributed by atoms with E-state index >= 15 is 0 Å². The van der Waals surface area contributed by atoms with Crippen LogP contribution in [0.2, 0.25) is 0 Å². The number of aryl methyl sites for hydroxylation is 3. The fourth-order valence-electron chi connectivity index (χ4n) is 4.94. The van der Waals surface area contributed by atoms with Crippen molar-refractivity contribution in [2.45, 2.75) is 53.4 Å². The third kappa shape index (κ3) is 5.12. The lowest BCUT2D eigenvalue weighted by Gasteiger charge is -2.34. The Morgan fingerprint density at radius 2 is 1.93 bits per heavy atom. The number of hydrogen-bond donors (Lipinski definition) is 1. The molecule has 0 saturated carbocycles. The molecule has 3 heterocycles. The molecule has 2 atom stereocenters. The molecule has 0 bridgehead atoms. The number of fused-ring (bicyclic) bond motifs is 1. The van der Waals surface area contributed by atoms with Crippen LogP contribution in [0, 0.1) is 25.7 Å². The zero-order valence-electron chi connectivity index (χ0n) is 19.4. The zero-order chi connectivity index (χ0) is 21.8. The van der Waals surface area contributed by atoms with Gasteiger partial charge in [0.05, 0.1) is 12.5 Å². The SMILES string of the molecule is COc1nn(C)c2nc(C)c(CCC(=O)NCCCN3CC(C)CC(C)C3)c(C)c12. The Bertz CT molecular complexity index is 882. The van der Waals surface area contributed by atoms with Crippen LogP contribution < -0.4 is 10.1 Å². The number of ether oxygens (including phenoxy) is 1. The number of carbonyl (C=O) groups is 1. The van der Waals surface area contributed by atoms with E-state index in [4.69, 9.17) is 9.72 Å². The van der Waals surface area contributed by atoms with Gasteiger partial charge in [0.1, 0.15) is 0 Å². The van der Waals surface area contributed by atoms with Crippen molar-refractivity contribution in [1.82, 2.24) is 25.0 Å². The minimum atomic E-state index is 0.104. The molecule has 0 aromatic carbocycles. The molecule has 0 spiro atoms. The molecule has 1 N–H and O–H groups in total. The zero-order valence-corrected chi connectivity index (χ0v) is 19.4. The normalized spacial score (nSPS) is 19.9. The minimum absolute atomic E-state index is 0.104. The van der Waals surface area contributed by atoms with Gasteiger partial charge in [-0.3, -0.25) is 4.79 Å². The van der Waals surface area contributed by atoms with Gasteiger partial charge in [0, 0.05) is 38.8 Å². The van der Waals surface area contributed by atoms with Gasteiger partial charge in [0.15, 0.2) is 5.65 Å². The summed E-state index contributed by atoms with van der Waals surface area (Å²) in [5, 5.41) is 8.42. The van der Waals surface area contributed by atoms with E-state index in [0.717, 1.165) is 59.2 Å². The summed E-state index contributed by atoms with van der Waals surface area (Å²) in [6.45, 7) is 12.9. The van der Waals surface area contributed by atoms with Crippen molar-refractivity contribution >= 4 is 16.9 Å². The summed E-state index contributed by atoms with van der Waals surface area (Å²) < 4.78 is 7.17. The molecule has 2 aromatic rings. The van der Waals surface area contributed by atoms with Crippen LogP contribution in [0.1, 0.15) is 49.9 Å². The van der Waals surface area contributed by atoms with Gasteiger partial charge in [0.25, 0.3) is 0 Å². The molecular weight excluding hydrogens is 378 g/mol. The van der Waals surface area contributed by atoms with Crippen LogP contribution in [0.15, 0.2) is 0 Å². The Balaban J connectivity index is 1.50. The number of pyridine rings is 1. The third-order valence-corrected chi connectivity index (χ3v) is 6.24. The topological polar surface area (TPSA) is 72.3 Å². The summed E-state index contributed by atoms with van der Waals surface area (Å²) in [6, 6.07) is 0. The summed E-state index contributed by atoms with van der Waals surface area (Å²) in [7, 11) is 3.49. The van der Waals surface area contributed by atoms with E-state index < -0.39 is 0 Å². The quantitative estimate of drug-likeness (QED) is 0.671. The second-order valence-electron chi connectivity index (χ2n) is 9.04. The van der Waals surface area contributed by atoms with Crippen molar-refractivity contribution in [2.24, 2.45) is 18.9 Å². The molecule has 166 valence electrons. The average molecular weight is 416 g/mol. The molecule has 1 aliphatic heterocycles. The smallest absolute Gasteiger partial charge is 0.242 e. The first-order chi connectivity index (χ1) is 14.3. The van der Waals surface area contributed by atoms with E-state index in [1.807, 2.05) is 14.0 Å². The number of likely N-dealkylation sites (tertiary alicyclic amines) is 1. The first-order valence-electron chi connectivity index (χ1n) is 11.2. The lowest BCUT2D eigenvalue weighted by atomic mass is 9.92. The van der Waals surface area contributed by atoms with Gasteiger partial charge in [-0.25, -0.2) is 9.67 Å². The molecule has 30 heavy (non-hydrogen) atoms. The van der Waals surface area contributed by atoms with Crippen molar-refractivity contribution in [3.63, 3.8) is 0 Å². The molecule has 2 unspecified atom stereocenters. The third-order valence-electron chi connectivity index (χ3n) is 6.24. The van der Waals surface area contributed by atoms with Crippen LogP contribution in [0.5, 0.6) is 5.88 Å². The molecular formula is C23H37N5O2. The van der Waals surface area contributed by atoms with Crippen LogP contribution in [-0.4, -0.2) is 58.9 Å². The second kappa shape index (κ2) is 9.77. The number of methoxy groups -OCH3 is 1. The van der Waals surface area contributed by atoms with Crippen LogP contribution in [0.25, 0.3) is 11.0 Å². The molecule has 7 heteroatoms. The fraction of sp³-hybridized carbons (Fsp3) is 0.696. The highest BCUT2D eigenvalue weighted by Gasteiger charge is 2.21. The number of hydrogen-bond acceptors (Lipinski definition) is 5. The van der Waals surface area contributed by atoms with E-state index in [9.17, 15) is 4.79 Å². The lowest BCUT2D eigenvalue weighted by molar-refractivity contribution is -0.121. The maximum Gasteiger partial charge on any atom is 0.242 e. The Morgan fingerprint density at radius 1 is 1.23 bits per heavy atom. The van der Waals surface area contributed by atoms with Gasteiger partial charge < -0.3 is 15.0 Å². The number of amides is 1. The first-order valence-corrected chi connectivity index (χ1v) is 11.2. The maximum absolute atomic E-state index is 12.4. The van der Waals surface area contributed by atoms with Crippen molar-refractivity contribution in [3.05, 3.63) is 16.8 Å². The lowest BCUT2D eigenvalue weighted by Crippen LogP contribution is -2.40. The van der Waals surface area contributed by atoms with E-state index in [1.165, 1.54) is 19.5 Å². The fourth-order valence-corrected chi connectivity index (χ4v) is 4.94. The molecule has 2 aromatic heterocycles. The number of nitrogens with one attached hydrogen (secondary N) is 1. The highest BCUT2D eigenvalue weighted by molar-refractivity contribution is 5.86. The molecule has 1 fully saturated rings. The average Bonchev–Trinajstić information content (AvgIpc) is 3.00. The van der Waals surface area contributed by atoms with Crippen molar-refractivity contribution in [2.75, 3.05) is 33.3 Å². The highest BCUT2D eigenvalue weighted by Crippen LogP contribution is 2.30. The minimum Gasteiger partial charge on any atom is -0.479 e. The standard InChI is InChI=1S/C23H37N5O2/c1-15-12-16(2)14-28(13-15)11-7-10-24-20(29)9-8-19-17(3)21-22(25-18(19)4)27(5)26-23(21)30-6/h15-16H,7-14H2,1-6H3,(H,24,29). The summed E-state index contributed by atoms with van der Waals surface area (Å²) in [5.41, 5.74) is 3.98. The Morgan fingerprint density at radius 3 is 2.60 bits per heavy atom. The summed E-state index contributed by atoms with van der Waals surface area (Å²) >= 11 is 0. The summed E-state index contributed by atoms with van der Waals surface area (Å²) in [4.78, 5) is 19.6. The molecule has 0 aliphatic carbocycles. The van der Waals surface area contributed by atoms with Crippen LogP contribution in [0.4, 0.5) is 0 Å². The predicted octanol–water partition coefficient (Wildman–Crippen LogP) is 3.01. The van der Waals surface area contributed by atoms with Crippen LogP contribution in [0.3, 0.4) is 0 Å². The molecule has 7 nitrogen and oxygen atoms in total. The van der Waals surface area contributed by atoms with Crippen molar-refractivity contribution < 1.29 is 9.53 Å². The van der Waals surface area contributed by atoms with Crippen molar-refractivity contribution in [1.29, 1.82) is 0 Å². The number of piperidine rings is 1. The molecule has 1 amide bonds. The van der Waals surface area contributed by atoms with Gasteiger partial charge in [-0.05, 0) is 62.6 Å². The van der Waals surface area contributed by atoms with Gasteiger partial charge in [0.2, 0.25) is 11.8 Å². The number of aromatic nitrogens is 3. The van der Waals surface area contributed by atoms with Crippen LogP contribution in [-0.2, 0) is 18.3 Å². The molecule has 1 saturated heterocycles. The first kappa shape index (κ1) is 22.5. The van der Waals surface area contributed by atoms with E-state index in [2.05, 4.69) is 36.1 Å².